The lowest BCUT2D eigenvalue weighted by Crippen LogP contribution is -2.47. The summed E-state index contributed by atoms with van der Waals surface area (Å²) in [5.74, 6) is 0. The molecule has 1 fully saturated rings. The van der Waals surface area contributed by atoms with Crippen molar-refractivity contribution in [1.29, 1.82) is 0 Å². The second-order valence-electron chi connectivity index (χ2n) is 5.65. The van der Waals surface area contributed by atoms with Gasteiger partial charge < -0.3 is 15.5 Å². The van der Waals surface area contributed by atoms with Crippen LogP contribution in [0.2, 0.25) is 0 Å². The van der Waals surface area contributed by atoms with E-state index in [1.54, 1.807) is 12.1 Å². The fourth-order valence-electron chi connectivity index (χ4n) is 2.40. The number of rotatable bonds is 5. The van der Waals surface area contributed by atoms with Crippen LogP contribution in [-0.2, 0) is 16.4 Å². The van der Waals surface area contributed by atoms with Gasteiger partial charge in [0, 0.05) is 31.9 Å². The first-order valence-electron chi connectivity index (χ1n) is 8.20. The van der Waals surface area contributed by atoms with E-state index in [9.17, 15) is 8.42 Å². The van der Waals surface area contributed by atoms with Crippen LogP contribution >= 0.6 is 23.6 Å². The molecule has 1 aromatic heterocycles. The van der Waals surface area contributed by atoms with E-state index >= 15 is 0 Å². The van der Waals surface area contributed by atoms with Crippen molar-refractivity contribution in [3.05, 3.63) is 29.3 Å². The average molecular weight is 413 g/mol. The molecule has 2 heterocycles. The standard InChI is InChI=1S/C15H20N6O2S3/c1-2-13-18-19-14(25-13)20-26(22,23)12-5-3-11(4-6-12)17-15(24)21-9-7-16-8-10-21/h3-6,16H,2,7-10H2,1H3,(H,17,24)(H,19,20). The lowest BCUT2D eigenvalue weighted by molar-refractivity contribution is 0.362. The predicted molar refractivity (Wildman–Crippen MR) is 107 cm³/mol. The zero-order valence-electron chi connectivity index (χ0n) is 14.2. The molecule has 0 radical (unpaired) electrons. The highest BCUT2D eigenvalue weighted by Gasteiger charge is 2.17. The molecule has 8 nitrogen and oxygen atoms in total. The van der Waals surface area contributed by atoms with Crippen molar-refractivity contribution in [3.63, 3.8) is 0 Å². The molecule has 3 N–H and O–H groups in total. The van der Waals surface area contributed by atoms with Crippen LogP contribution in [-0.4, -0.2) is 54.8 Å². The summed E-state index contributed by atoms with van der Waals surface area (Å²) in [4.78, 5) is 2.24. The number of hydrogen-bond acceptors (Lipinski definition) is 7. The van der Waals surface area contributed by atoms with Crippen LogP contribution in [0.4, 0.5) is 10.8 Å². The SMILES string of the molecule is CCc1nnc(NS(=O)(=O)c2ccc(NC(=S)N3CCNCC3)cc2)s1. The summed E-state index contributed by atoms with van der Waals surface area (Å²) in [5.41, 5.74) is 0.747. The monoisotopic (exact) mass is 412 g/mol. The molecule has 1 aliphatic heterocycles. The number of thiocarbonyl (C=S) groups is 1. The summed E-state index contributed by atoms with van der Waals surface area (Å²) in [6.45, 7) is 5.44. The molecule has 1 saturated heterocycles. The first kappa shape index (κ1) is 19.0. The summed E-state index contributed by atoms with van der Waals surface area (Å²) < 4.78 is 27.3. The van der Waals surface area contributed by atoms with Crippen LogP contribution < -0.4 is 15.4 Å². The number of benzene rings is 1. The van der Waals surface area contributed by atoms with Gasteiger partial charge in [-0.3, -0.25) is 4.72 Å². The second kappa shape index (κ2) is 8.25. The molecule has 0 spiro atoms. The Morgan fingerprint density at radius 1 is 1.27 bits per heavy atom. The summed E-state index contributed by atoms with van der Waals surface area (Å²) >= 11 is 6.63. The van der Waals surface area contributed by atoms with Crippen molar-refractivity contribution < 1.29 is 8.42 Å². The average Bonchev–Trinajstić information content (AvgIpc) is 3.10. The summed E-state index contributed by atoms with van der Waals surface area (Å²) in [7, 11) is -3.70. The van der Waals surface area contributed by atoms with Gasteiger partial charge >= 0.3 is 0 Å². The van der Waals surface area contributed by atoms with Gasteiger partial charge in [-0.15, -0.1) is 10.2 Å². The lowest BCUT2D eigenvalue weighted by atomic mass is 10.3. The molecule has 140 valence electrons. The van der Waals surface area contributed by atoms with Crippen LogP contribution in [0, 0.1) is 0 Å². The molecule has 0 unspecified atom stereocenters. The van der Waals surface area contributed by atoms with Crippen molar-refractivity contribution in [1.82, 2.24) is 20.4 Å². The van der Waals surface area contributed by atoms with Crippen LogP contribution in [0.3, 0.4) is 0 Å². The Morgan fingerprint density at radius 2 is 1.96 bits per heavy atom. The predicted octanol–water partition coefficient (Wildman–Crippen LogP) is 1.50. The van der Waals surface area contributed by atoms with Gasteiger partial charge in [0.1, 0.15) is 5.01 Å². The van der Waals surface area contributed by atoms with Gasteiger partial charge in [0.05, 0.1) is 4.90 Å². The second-order valence-corrected chi connectivity index (χ2v) is 8.78. The zero-order valence-corrected chi connectivity index (χ0v) is 16.7. The van der Waals surface area contributed by atoms with Gasteiger partial charge in [-0.2, -0.15) is 0 Å². The molecule has 1 aromatic carbocycles. The van der Waals surface area contributed by atoms with E-state index in [1.165, 1.54) is 23.5 Å². The molecular weight excluding hydrogens is 392 g/mol. The van der Waals surface area contributed by atoms with Crippen molar-refractivity contribution in [2.45, 2.75) is 18.2 Å². The van der Waals surface area contributed by atoms with E-state index in [2.05, 4.69) is 30.5 Å². The number of nitrogens with one attached hydrogen (secondary N) is 3. The van der Waals surface area contributed by atoms with Crippen LogP contribution in [0.5, 0.6) is 0 Å². The fourth-order valence-corrected chi connectivity index (χ4v) is 4.61. The van der Waals surface area contributed by atoms with Crippen LogP contribution in [0.1, 0.15) is 11.9 Å². The smallest absolute Gasteiger partial charge is 0.263 e. The molecule has 0 atom stereocenters. The van der Waals surface area contributed by atoms with E-state index in [-0.39, 0.29) is 10.0 Å². The van der Waals surface area contributed by atoms with Crippen LogP contribution in [0.25, 0.3) is 0 Å². The van der Waals surface area contributed by atoms with E-state index in [0.717, 1.165) is 36.9 Å². The zero-order chi connectivity index (χ0) is 18.6. The Balaban J connectivity index is 1.65. The maximum Gasteiger partial charge on any atom is 0.263 e. The molecule has 2 aromatic rings. The van der Waals surface area contributed by atoms with Crippen molar-refractivity contribution in [3.8, 4) is 0 Å². The Morgan fingerprint density at radius 3 is 2.58 bits per heavy atom. The van der Waals surface area contributed by atoms with Gasteiger partial charge in [0.25, 0.3) is 10.0 Å². The van der Waals surface area contributed by atoms with E-state index in [1.807, 2.05) is 6.92 Å². The Bertz CT molecular complexity index is 860. The quantitative estimate of drug-likeness (QED) is 0.636. The normalized spacial score (nSPS) is 14.9. The minimum atomic E-state index is -3.70. The molecule has 0 aliphatic carbocycles. The van der Waals surface area contributed by atoms with Crippen molar-refractivity contribution in [2.24, 2.45) is 0 Å². The largest absolute Gasteiger partial charge is 0.346 e. The number of anilines is 2. The van der Waals surface area contributed by atoms with Crippen molar-refractivity contribution in [2.75, 3.05) is 36.2 Å². The third kappa shape index (κ3) is 4.67. The molecule has 0 bridgehead atoms. The van der Waals surface area contributed by atoms with Gasteiger partial charge in [-0.05, 0) is 42.9 Å². The van der Waals surface area contributed by atoms with E-state index in [4.69, 9.17) is 12.2 Å². The van der Waals surface area contributed by atoms with Gasteiger partial charge in [0.2, 0.25) is 5.13 Å². The topological polar surface area (TPSA) is 99.2 Å². The van der Waals surface area contributed by atoms with E-state index in [0.29, 0.717) is 11.5 Å². The molecule has 1 aliphatic rings. The maximum absolute atomic E-state index is 12.4. The minimum absolute atomic E-state index is 0.157. The first-order valence-corrected chi connectivity index (χ1v) is 10.9. The lowest BCUT2D eigenvalue weighted by Gasteiger charge is -2.29. The number of nitrogens with zero attached hydrogens (tertiary/aromatic N) is 3. The van der Waals surface area contributed by atoms with Gasteiger partial charge in [-0.1, -0.05) is 18.3 Å². The van der Waals surface area contributed by atoms with Crippen LogP contribution in [0.15, 0.2) is 29.2 Å². The molecule has 3 rings (SSSR count). The fraction of sp³-hybridized carbons (Fsp3) is 0.400. The third-order valence-corrected chi connectivity index (χ3v) is 6.64. The highest BCUT2D eigenvalue weighted by Crippen LogP contribution is 2.21. The molecule has 11 heteroatoms. The molecular formula is C15H20N6O2S3. The van der Waals surface area contributed by atoms with Gasteiger partial charge in [0.15, 0.2) is 5.11 Å². The summed E-state index contributed by atoms with van der Waals surface area (Å²) in [5, 5.41) is 15.9. The number of hydrogen-bond donors (Lipinski definition) is 3. The van der Waals surface area contributed by atoms with E-state index < -0.39 is 10.0 Å². The number of sulfonamides is 1. The highest BCUT2D eigenvalue weighted by atomic mass is 32.2. The summed E-state index contributed by atoms with van der Waals surface area (Å²) in [6.07, 6.45) is 0.715. The Hall–Kier alpha value is -1.82. The number of piperazine rings is 1. The minimum Gasteiger partial charge on any atom is -0.346 e. The Labute approximate surface area is 162 Å². The summed E-state index contributed by atoms with van der Waals surface area (Å²) in [6, 6.07) is 6.46. The number of aromatic nitrogens is 2. The molecule has 26 heavy (non-hydrogen) atoms. The Kier molecular flexibility index (Phi) is 6.01. The van der Waals surface area contributed by atoms with Crippen molar-refractivity contribution >= 4 is 49.5 Å². The third-order valence-electron chi connectivity index (χ3n) is 3.81. The van der Waals surface area contributed by atoms with Gasteiger partial charge in [-0.25, -0.2) is 8.42 Å². The first-order chi connectivity index (χ1) is 12.5. The maximum atomic E-state index is 12.4. The molecule has 0 saturated carbocycles. The number of aryl methyl sites for hydroxylation is 1. The highest BCUT2D eigenvalue weighted by molar-refractivity contribution is 7.93. The molecule has 0 amide bonds.